The number of aromatic hydroxyl groups is 2. The van der Waals surface area contributed by atoms with Crippen molar-refractivity contribution >= 4 is 15.9 Å². The summed E-state index contributed by atoms with van der Waals surface area (Å²) in [5.41, 5.74) is 0.401. The molecule has 0 atom stereocenters. The fourth-order valence-corrected chi connectivity index (χ4v) is 1.72. The molecular weight excluding hydrogens is 255 g/mol. The predicted molar refractivity (Wildman–Crippen MR) is 52.8 cm³/mol. The molecule has 0 spiro atoms. The highest BCUT2D eigenvalue weighted by Gasteiger charge is 2.15. The van der Waals surface area contributed by atoms with Crippen molar-refractivity contribution in [1.82, 2.24) is 0 Å². The van der Waals surface area contributed by atoms with Crippen molar-refractivity contribution < 1.29 is 19.7 Å². The second kappa shape index (κ2) is 4.61. The first kappa shape index (κ1) is 11.3. The van der Waals surface area contributed by atoms with Crippen LogP contribution in [0.2, 0.25) is 0 Å². The first-order valence-corrected chi connectivity index (χ1v) is 4.87. The lowest BCUT2D eigenvalue weighted by Gasteiger charge is -2.08. The van der Waals surface area contributed by atoms with Gasteiger partial charge in [-0.3, -0.25) is 0 Å². The second-order valence-corrected chi connectivity index (χ2v) is 3.70. The van der Waals surface area contributed by atoms with Gasteiger partial charge in [0.1, 0.15) is 0 Å². The van der Waals surface area contributed by atoms with E-state index in [0.29, 0.717) is 22.9 Å². The second-order valence-electron chi connectivity index (χ2n) is 2.84. The van der Waals surface area contributed by atoms with Crippen molar-refractivity contribution in [3.63, 3.8) is 0 Å². The van der Waals surface area contributed by atoms with Crippen LogP contribution in [-0.2, 0) is 6.42 Å². The summed E-state index contributed by atoms with van der Waals surface area (Å²) in [6.45, 7) is -0.0238. The highest BCUT2D eigenvalue weighted by Crippen LogP contribution is 2.37. The minimum atomic E-state index is -0.873. The molecule has 0 aliphatic heterocycles. The molecule has 0 amide bonds. The van der Waals surface area contributed by atoms with E-state index in [4.69, 9.17) is 10.2 Å². The molecule has 3 N–H and O–H groups in total. The summed E-state index contributed by atoms with van der Waals surface area (Å²) < 4.78 is 13.2. The van der Waals surface area contributed by atoms with Crippen LogP contribution in [0.3, 0.4) is 0 Å². The Balaban J connectivity index is 3.09. The Morgan fingerprint density at radius 1 is 1.29 bits per heavy atom. The molecule has 1 rings (SSSR count). The van der Waals surface area contributed by atoms with E-state index in [0.717, 1.165) is 6.07 Å². The fraction of sp³-hybridized carbons (Fsp3) is 0.333. The molecule has 0 fully saturated rings. The van der Waals surface area contributed by atoms with E-state index >= 15 is 0 Å². The van der Waals surface area contributed by atoms with E-state index in [1.54, 1.807) is 0 Å². The number of hydrogen-bond donors (Lipinski definition) is 3. The lowest BCUT2D eigenvalue weighted by Crippen LogP contribution is -1.93. The van der Waals surface area contributed by atoms with Crippen LogP contribution < -0.4 is 0 Å². The van der Waals surface area contributed by atoms with Gasteiger partial charge in [-0.2, -0.15) is 0 Å². The minimum absolute atomic E-state index is 0.0238. The quantitative estimate of drug-likeness (QED) is 0.732. The van der Waals surface area contributed by atoms with Crippen LogP contribution in [0.1, 0.15) is 12.0 Å². The number of aliphatic hydroxyl groups excluding tert-OH is 1. The van der Waals surface area contributed by atoms with Crippen molar-refractivity contribution in [3.8, 4) is 11.5 Å². The van der Waals surface area contributed by atoms with E-state index in [-0.39, 0.29) is 6.61 Å². The van der Waals surface area contributed by atoms with E-state index in [9.17, 15) is 9.50 Å². The van der Waals surface area contributed by atoms with Crippen LogP contribution in [0.5, 0.6) is 11.5 Å². The van der Waals surface area contributed by atoms with Gasteiger partial charge in [0.05, 0.1) is 0 Å². The molecule has 0 unspecified atom stereocenters. The average molecular weight is 265 g/mol. The van der Waals surface area contributed by atoms with E-state index in [2.05, 4.69) is 15.9 Å². The van der Waals surface area contributed by atoms with Crippen LogP contribution in [0.25, 0.3) is 0 Å². The molecule has 0 radical (unpaired) electrons. The molecule has 78 valence electrons. The zero-order valence-electron chi connectivity index (χ0n) is 7.30. The molecule has 0 bridgehead atoms. The van der Waals surface area contributed by atoms with Crippen LogP contribution in [-0.4, -0.2) is 21.9 Å². The maximum atomic E-state index is 12.9. The maximum absolute atomic E-state index is 12.9. The molecule has 0 aliphatic carbocycles. The molecule has 1 aromatic carbocycles. The smallest absolute Gasteiger partial charge is 0.194 e. The molecular formula is C9H10BrFO3. The summed E-state index contributed by atoms with van der Waals surface area (Å²) in [5.74, 6) is -2.09. The van der Waals surface area contributed by atoms with Crippen molar-refractivity contribution in [2.75, 3.05) is 6.61 Å². The molecule has 14 heavy (non-hydrogen) atoms. The normalized spacial score (nSPS) is 10.5. The Hall–Kier alpha value is -0.810. The Morgan fingerprint density at radius 3 is 2.50 bits per heavy atom. The average Bonchev–Trinajstić information content (AvgIpc) is 2.14. The van der Waals surface area contributed by atoms with Gasteiger partial charge >= 0.3 is 0 Å². The van der Waals surface area contributed by atoms with Crippen LogP contribution in [0.15, 0.2) is 10.5 Å². The Bertz CT molecular complexity index is 341. The molecule has 0 heterocycles. The van der Waals surface area contributed by atoms with Gasteiger partial charge in [-0.05, 0) is 18.9 Å². The SMILES string of the molecule is OCCCc1c(Br)cc(F)c(O)c1O. The van der Waals surface area contributed by atoms with Gasteiger partial charge in [-0.1, -0.05) is 15.9 Å². The molecule has 0 saturated heterocycles. The number of benzene rings is 1. The van der Waals surface area contributed by atoms with Crippen LogP contribution in [0.4, 0.5) is 4.39 Å². The van der Waals surface area contributed by atoms with E-state index in [1.807, 2.05) is 0 Å². The van der Waals surface area contributed by atoms with Crippen molar-refractivity contribution in [1.29, 1.82) is 0 Å². The fourth-order valence-electron chi connectivity index (χ4n) is 1.13. The first-order chi connectivity index (χ1) is 6.57. The molecule has 0 aromatic heterocycles. The van der Waals surface area contributed by atoms with Gasteiger partial charge in [-0.15, -0.1) is 0 Å². The molecule has 0 aliphatic rings. The third kappa shape index (κ3) is 2.16. The van der Waals surface area contributed by atoms with Gasteiger partial charge in [0.15, 0.2) is 17.3 Å². The van der Waals surface area contributed by atoms with Gasteiger partial charge in [0.2, 0.25) is 0 Å². The van der Waals surface area contributed by atoms with E-state index in [1.165, 1.54) is 0 Å². The van der Waals surface area contributed by atoms with Gasteiger partial charge < -0.3 is 15.3 Å². The first-order valence-electron chi connectivity index (χ1n) is 4.07. The van der Waals surface area contributed by atoms with Crippen molar-refractivity contribution in [2.45, 2.75) is 12.8 Å². The predicted octanol–water partition coefficient (Wildman–Crippen LogP) is 1.92. The summed E-state index contributed by atoms with van der Waals surface area (Å²) in [7, 11) is 0. The van der Waals surface area contributed by atoms with Crippen LogP contribution in [0, 0.1) is 5.82 Å². The third-order valence-corrected chi connectivity index (χ3v) is 2.57. The Labute approximate surface area is 88.9 Å². The molecule has 0 saturated carbocycles. The summed E-state index contributed by atoms with van der Waals surface area (Å²) in [5, 5.41) is 27.1. The van der Waals surface area contributed by atoms with Gasteiger partial charge in [-0.25, -0.2) is 4.39 Å². The van der Waals surface area contributed by atoms with E-state index < -0.39 is 17.3 Å². The number of phenols is 2. The molecule has 3 nitrogen and oxygen atoms in total. The summed E-state index contributed by atoms with van der Waals surface area (Å²) in [6.07, 6.45) is 0.813. The Morgan fingerprint density at radius 2 is 1.93 bits per heavy atom. The highest BCUT2D eigenvalue weighted by molar-refractivity contribution is 9.10. The largest absolute Gasteiger partial charge is 0.504 e. The maximum Gasteiger partial charge on any atom is 0.194 e. The number of hydrogen-bond acceptors (Lipinski definition) is 3. The topological polar surface area (TPSA) is 60.7 Å². The summed E-state index contributed by atoms with van der Waals surface area (Å²) in [4.78, 5) is 0. The number of halogens is 2. The van der Waals surface area contributed by atoms with Crippen LogP contribution >= 0.6 is 15.9 Å². The number of rotatable bonds is 3. The van der Waals surface area contributed by atoms with Crippen molar-refractivity contribution in [3.05, 3.63) is 21.9 Å². The molecule has 5 heteroatoms. The number of phenolic OH excluding ortho intramolecular Hbond substituents is 2. The summed E-state index contributed by atoms with van der Waals surface area (Å²) >= 11 is 3.07. The lowest BCUT2D eigenvalue weighted by atomic mass is 10.1. The minimum Gasteiger partial charge on any atom is -0.504 e. The van der Waals surface area contributed by atoms with Crippen molar-refractivity contribution in [2.24, 2.45) is 0 Å². The Kier molecular flexibility index (Phi) is 3.71. The van der Waals surface area contributed by atoms with Gasteiger partial charge in [0.25, 0.3) is 0 Å². The third-order valence-electron chi connectivity index (χ3n) is 1.86. The zero-order valence-corrected chi connectivity index (χ0v) is 8.88. The van der Waals surface area contributed by atoms with Gasteiger partial charge in [0, 0.05) is 16.6 Å². The summed E-state index contributed by atoms with van der Waals surface area (Å²) in [6, 6.07) is 1.09. The highest BCUT2D eigenvalue weighted by atomic mass is 79.9. The number of aliphatic hydroxyl groups is 1. The molecule has 1 aromatic rings. The zero-order chi connectivity index (χ0) is 10.7. The monoisotopic (exact) mass is 264 g/mol. The lowest BCUT2D eigenvalue weighted by molar-refractivity contribution is 0.287. The standard InChI is InChI=1S/C9H10BrFO3/c10-6-4-7(11)9(14)8(13)5(6)2-1-3-12/h4,12-14H,1-3H2.